The summed E-state index contributed by atoms with van der Waals surface area (Å²) in [5.74, 6) is 0.955. The van der Waals surface area contributed by atoms with Crippen molar-refractivity contribution in [1.29, 1.82) is 0 Å². The molecule has 3 heterocycles. The van der Waals surface area contributed by atoms with Gasteiger partial charge in [0.15, 0.2) is 0 Å². The van der Waals surface area contributed by atoms with Crippen LogP contribution in [0.3, 0.4) is 0 Å². The van der Waals surface area contributed by atoms with Crippen LogP contribution in [-0.2, 0) is 16.2 Å². The average Bonchev–Trinajstić information content (AvgIpc) is 3.67. The molecule has 5 aromatic carbocycles. The van der Waals surface area contributed by atoms with Crippen LogP contribution >= 0.6 is 0 Å². The fourth-order valence-electron chi connectivity index (χ4n) is 7.64. The van der Waals surface area contributed by atoms with Crippen LogP contribution in [0.5, 0.6) is 0 Å². The van der Waals surface area contributed by atoms with E-state index in [0.717, 1.165) is 12.5 Å². The molecule has 0 saturated heterocycles. The highest BCUT2D eigenvalue weighted by Gasteiger charge is 2.31. The van der Waals surface area contributed by atoms with Crippen molar-refractivity contribution in [3.63, 3.8) is 0 Å². The van der Waals surface area contributed by atoms with Gasteiger partial charge in [0, 0.05) is 33.8 Å². The van der Waals surface area contributed by atoms with Gasteiger partial charge in [-0.15, -0.1) is 0 Å². The van der Waals surface area contributed by atoms with E-state index >= 15 is 0 Å². The Morgan fingerprint density at radius 2 is 1.02 bits per heavy atom. The summed E-state index contributed by atoms with van der Waals surface area (Å²) in [6.45, 7) is 19.1. The minimum Gasteiger partial charge on any atom is -0.321 e. The topological polar surface area (TPSA) is 24.3 Å². The zero-order valence-electron chi connectivity index (χ0n) is 31.2. The van der Waals surface area contributed by atoms with E-state index in [1.54, 1.807) is 0 Å². The molecule has 4 heteroatoms. The molecule has 1 aliphatic heterocycles. The standard InChI is InChI=1S/C47H48N4/c1-45(2,3)32-15-13-17-36(27-32)49-31-50(42-22-12-11-21-41(42)49)37-18-14-16-34(28-37)47(7,8)35-23-24-39-38-19-9-10-20-40(38)51(43(39)29-35)44-30-33(25-26-48-44)46(4,5)6/h9-30H,31H2,1-8H3. The van der Waals surface area contributed by atoms with Gasteiger partial charge in [0.1, 0.15) is 12.5 Å². The third kappa shape index (κ3) is 5.67. The first-order chi connectivity index (χ1) is 24.3. The van der Waals surface area contributed by atoms with E-state index in [1.165, 1.54) is 66.8 Å². The molecule has 8 rings (SSSR count). The Morgan fingerprint density at radius 1 is 0.471 bits per heavy atom. The first-order valence-electron chi connectivity index (χ1n) is 18.2. The molecule has 0 atom stereocenters. The van der Waals surface area contributed by atoms with Crippen molar-refractivity contribution < 1.29 is 0 Å². The summed E-state index contributed by atoms with van der Waals surface area (Å²) in [6.07, 6.45) is 1.95. The molecule has 0 radical (unpaired) electrons. The number of nitrogens with zero attached hydrogens (tertiary/aromatic N) is 4. The van der Waals surface area contributed by atoms with Crippen LogP contribution in [0.15, 0.2) is 134 Å². The van der Waals surface area contributed by atoms with E-state index in [2.05, 4.69) is 197 Å². The lowest BCUT2D eigenvalue weighted by molar-refractivity contribution is 0.588. The summed E-state index contributed by atoms with van der Waals surface area (Å²) in [5.41, 5.74) is 12.2. The predicted octanol–water partition coefficient (Wildman–Crippen LogP) is 12.3. The number of hydrogen-bond donors (Lipinski definition) is 0. The molecule has 4 nitrogen and oxygen atoms in total. The monoisotopic (exact) mass is 668 g/mol. The molecule has 0 aliphatic carbocycles. The van der Waals surface area contributed by atoms with E-state index in [9.17, 15) is 0 Å². The fraction of sp³-hybridized carbons (Fsp3) is 0.255. The number of rotatable bonds is 5. The van der Waals surface area contributed by atoms with Gasteiger partial charge in [0.2, 0.25) is 0 Å². The smallest absolute Gasteiger partial charge is 0.137 e. The van der Waals surface area contributed by atoms with Crippen LogP contribution in [0, 0.1) is 0 Å². The highest BCUT2D eigenvalue weighted by atomic mass is 15.4. The lowest BCUT2D eigenvalue weighted by Crippen LogP contribution is -2.25. The first kappa shape index (κ1) is 32.8. The summed E-state index contributed by atoms with van der Waals surface area (Å²) in [4.78, 5) is 9.81. The van der Waals surface area contributed by atoms with Crippen LogP contribution < -0.4 is 9.80 Å². The normalized spacial score (nSPS) is 13.7. The lowest BCUT2D eigenvalue weighted by atomic mass is 9.77. The maximum atomic E-state index is 4.92. The van der Waals surface area contributed by atoms with Gasteiger partial charge in [-0.25, -0.2) is 4.98 Å². The molecule has 0 N–H and O–H groups in total. The van der Waals surface area contributed by atoms with Gasteiger partial charge < -0.3 is 9.80 Å². The molecule has 2 aromatic heterocycles. The molecule has 0 saturated carbocycles. The second kappa shape index (κ2) is 11.9. The molecule has 7 aromatic rings. The molecular weight excluding hydrogens is 621 g/mol. The molecule has 256 valence electrons. The Hall–Kier alpha value is -5.35. The maximum absolute atomic E-state index is 4.92. The molecule has 0 fully saturated rings. The predicted molar refractivity (Wildman–Crippen MR) is 217 cm³/mol. The molecular formula is C47H48N4. The van der Waals surface area contributed by atoms with Gasteiger partial charge in [-0.3, -0.25) is 4.57 Å². The van der Waals surface area contributed by atoms with E-state index in [4.69, 9.17) is 4.98 Å². The molecule has 0 spiro atoms. The second-order valence-corrected chi connectivity index (χ2v) is 16.7. The quantitative estimate of drug-likeness (QED) is 0.182. The Kier molecular flexibility index (Phi) is 7.64. The number of para-hydroxylation sites is 3. The Morgan fingerprint density at radius 3 is 1.69 bits per heavy atom. The number of anilines is 4. The molecule has 1 aliphatic rings. The Balaban J connectivity index is 1.20. The summed E-state index contributed by atoms with van der Waals surface area (Å²) < 4.78 is 2.35. The minimum absolute atomic E-state index is 0.0258. The number of fused-ring (bicyclic) bond motifs is 4. The fourth-order valence-corrected chi connectivity index (χ4v) is 7.64. The summed E-state index contributed by atoms with van der Waals surface area (Å²) in [5, 5.41) is 2.48. The molecule has 0 amide bonds. The van der Waals surface area contributed by atoms with Crippen molar-refractivity contribution in [2.45, 2.75) is 71.6 Å². The van der Waals surface area contributed by atoms with Crippen LogP contribution in [0.2, 0.25) is 0 Å². The molecule has 51 heavy (non-hydrogen) atoms. The highest BCUT2D eigenvalue weighted by molar-refractivity contribution is 6.09. The molecule has 0 bridgehead atoms. The zero-order chi connectivity index (χ0) is 35.7. The van der Waals surface area contributed by atoms with E-state index < -0.39 is 0 Å². The lowest BCUT2D eigenvalue weighted by Gasteiger charge is -2.29. The van der Waals surface area contributed by atoms with Gasteiger partial charge >= 0.3 is 0 Å². The van der Waals surface area contributed by atoms with E-state index in [0.29, 0.717) is 0 Å². The van der Waals surface area contributed by atoms with Crippen LogP contribution in [0.25, 0.3) is 27.6 Å². The second-order valence-electron chi connectivity index (χ2n) is 16.7. The Labute approximate surface area is 303 Å². The number of hydrogen-bond acceptors (Lipinski definition) is 3. The van der Waals surface area contributed by atoms with E-state index in [-0.39, 0.29) is 16.2 Å². The van der Waals surface area contributed by atoms with Gasteiger partial charge in [0.05, 0.1) is 22.4 Å². The average molecular weight is 669 g/mol. The van der Waals surface area contributed by atoms with Gasteiger partial charge in [-0.05, 0) is 93.7 Å². The van der Waals surface area contributed by atoms with Crippen molar-refractivity contribution in [3.05, 3.63) is 156 Å². The first-order valence-corrected chi connectivity index (χ1v) is 18.2. The van der Waals surface area contributed by atoms with Crippen molar-refractivity contribution in [3.8, 4) is 5.82 Å². The minimum atomic E-state index is -0.258. The summed E-state index contributed by atoms with van der Waals surface area (Å²) >= 11 is 0. The third-order valence-electron chi connectivity index (χ3n) is 10.9. The SMILES string of the molecule is CC(C)(C)c1cccc(N2CN(c3cccc(C(C)(C)c4ccc5c6ccccc6n(-c6cc(C(C)(C)C)ccn6)c5c4)c3)c3ccccc32)c1. The summed E-state index contributed by atoms with van der Waals surface area (Å²) in [7, 11) is 0. The van der Waals surface area contributed by atoms with E-state index in [1.807, 2.05) is 6.20 Å². The van der Waals surface area contributed by atoms with Gasteiger partial charge in [-0.1, -0.05) is 122 Å². The number of benzene rings is 5. The van der Waals surface area contributed by atoms with Crippen molar-refractivity contribution in [2.24, 2.45) is 0 Å². The van der Waals surface area contributed by atoms with Crippen LogP contribution in [0.4, 0.5) is 22.7 Å². The highest BCUT2D eigenvalue weighted by Crippen LogP contribution is 2.46. The third-order valence-corrected chi connectivity index (χ3v) is 10.9. The number of pyridine rings is 1. The maximum Gasteiger partial charge on any atom is 0.137 e. The van der Waals surface area contributed by atoms with Crippen molar-refractivity contribution in [1.82, 2.24) is 9.55 Å². The van der Waals surface area contributed by atoms with Crippen molar-refractivity contribution >= 4 is 44.6 Å². The Bertz CT molecular complexity index is 2420. The van der Waals surface area contributed by atoms with Crippen LogP contribution in [-0.4, -0.2) is 16.2 Å². The zero-order valence-corrected chi connectivity index (χ0v) is 31.2. The van der Waals surface area contributed by atoms with Gasteiger partial charge in [0.25, 0.3) is 0 Å². The van der Waals surface area contributed by atoms with Gasteiger partial charge in [-0.2, -0.15) is 0 Å². The van der Waals surface area contributed by atoms with Crippen LogP contribution in [0.1, 0.15) is 77.6 Å². The molecule has 0 unspecified atom stereocenters. The largest absolute Gasteiger partial charge is 0.321 e. The van der Waals surface area contributed by atoms with Crippen molar-refractivity contribution in [2.75, 3.05) is 16.5 Å². The number of aromatic nitrogens is 2. The summed E-state index contributed by atoms with van der Waals surface area (Å²) in [6, 6.07) is 47.1.